The van der Waals surface area contributed by atoms with Crippen molar-refractivity contribution in [1.82, 2.24) is 15.0 Å². The number of halogens is 1. The fourth-order valence-corrected chi connectivity index (χ4v) is 2.16. The molecule has 1 aromatic carbocycles. The molecular formula is C14H15ClN4. The molecule has 0 fully saturated rings. The number of unbranched alkanes of at least 4 members (excludes halogenated alkanes) is 1. The normalized spacial score (nSPS) is 10.4. The molecule has 0 atom stereocenters. The number of hydrogen-bond donors (Lipinski definition) is 0. The van der Waals surface area contributed by atoms with Crippen molar-refractivity contribution in [3.05, 3.63) is 46.2 Å². The van der Waals surface area contributed by atoms with Crippen LogP contribution in [-0.2, 0) is 13.0 Å². The fourth-order valence-electron chi connectivity index (χ4n) is 1.95. The fraction of sp³-hybridized carbons (Fsp3) is 0.357. The van der Waals surface area contributed by atoms with Crippen molar-refractivity contribution in [2.24, 2.45) is 0 Å². The van der Waals surface area contributed by atoms with Crippen LogP contribution in [0.25, 0.3) is 0 Å². The van der Waals surface area contributed by atoms with E-state index in [1.54, 1.807) is 4.68 Å². The molecule has 1 heterocycles. The highest BCUT2D eigenvalue weighted by atomic mass is 35.5. The lowest BCUT2D eigenvalue weighted by Gasteiger charge is -2.06. The van der Waals surface area contributed by atoms with Crippen LogP contribution in [0.4, 0.5) is 0 Å². The zero-order chi connectivity index (χ0) is 13.7. The first-order valence-electron chi connectivity index (χ1n) is 6.31. The number of aromatic nitrogens is 3. The van der Waals surface area contributed by atoms with Crippen molar-refractivity contribution in [1.29, 1.82) is 5.26 Å². The SMILES string of the molecule is CCCCc1c(C#N)nnn1Cc1cccc(Cl)c1. The van der Waals surface area contributed by atoms with Crippen molar-refractivity contribution in [2.45, 2.75) is 32.7 Å². The van der Waals surface area contributed by atoms with Gasteiger partial charge in [0, 0.05) is 5.02 Å². The Morgan fingerprint density at radius 1 is 1.42 bits per heavy atom. The van der Waals surface area contributed by atoms with E-state index < -0.39 is 0 Å². The molecule has 1 aromatic heterocycles. The van der Waals surface area contributed by atoms with Gasteiger partial charge in [-0.2, -0.15) is 5.26 Å². The molecule has 2 aromatic rings. The summed E-state index contributed by atoms with van der Waals surface area (Å²) in [6.07, 6.45) is 2.93. The van der Waals surface area contributed by atoms with Gasteiger partial charge in [-0.25, -0.2) is 4.68 Å². The average Bonchev–Trinajstić information content (AvgIpc) is 2.78. The molecular weight excluding hydrogens is 260 g/mol. The second-order valence-electron chi connectivity index (χ2n) is 4.39. The maximum absolute atomic E-state index is 9.05. The van der Waals surface area contributed by atoms with Crippen LogP contribution < -0.4 is 0 Å². The molecule has 4 nitrogen and oxygen atoms in total. The van der Waals surface area contributed by atoms with Gasteiger partial charge in [0.15, 0.2) is 5.69 Å². The minimum Gasteiger partial charge on any atom is -0.244 e. The number of hydrogen-bond acceptors (Lipinski definition) is 3. The highest BCUT2D eigenvalue weighted by Gasteiger charge is 2.12. The molecule has 0 radical (unpaired) electrons. The van der Waals surface area contributed by atoms with Crippen LogP contribution in [0.1, 0.15) is 36.7 Å². The summed E-state index contributed by atoms with van der Waals surface area (Å²) in [6, 6.07) is 9.74. The van der Waals surface area contributed by atoms with E-state index in [9.17, 15) is 0 Å². The molecule has 0 N–H and O–H groups in total. The summed E-state index contributed by atoms with van der Waals surface area (Å²) in [4.78, 5) is 0. The first-order valence-corrected chi connectivity index (χ1v) is 6.69. The number of rotatable bonds is 5. The molecule has 98 valence electrons. The van der Waals surface area contributed by atoms with Gasteiger partial charge in [-0.1, -0.05) is 42.3 Å². The van der Waals surface area contributed by atoms with Gasteiger partial charge in [0.1, 0.15) is 6.07 Å². The summed E-state index contributed by atoms with van der Waals surface area (Å²) in [5.41, 5.74) is 2.39. The van der Waals surface area contributed by atoms with Gasteiger partial charge >= 0.3 is 0 Å². The van der Waals surface area contributed by atoms with Crippen LogP contribution in [0, 0.1) is 11.3 Å². The minimum atomic E-state index is 0.426. The van der Waals surface area contributed by atoms with Gasteiger partial charge < -0.3 is 0 Å². The van der Waals surface area contributed by atoms with Crippen molar-refractivity contribution in [2.75, 3.05) is 0 Å². The molecule has 2 rings (SSSR count). The van der Waals surface area contributed by atoms with Crippen molar-refractivity contribution in [3.8, 4) is 6.07 Å². The zero-order valence-corrected chi connectivity index (χ0v) is 11.6. The maximum atomic E-state index is 9.05. The van der Waals surface area contributed by atoms with E-state index in [1.165, 1.54) is 0 Å². The smallest absolute Gasteiger partial charge is 0.185 e. The Bertz CT molecular complexity index is 598. The molecule has 0 spiro atoms. The highest BCUT2D eigenvalue weighted by molar-refractivity contribution is 6.30. The van der Waals surface area contributed by atoms with Crippen LogP contribution in [0.5, 0.6) is 0 Å². The zero-order valence-electron chi connectivity index (χ0n) is 10.8. The molecule has 0 aliphatic heterocycles. The predicted molar refractivity (Wildman–Crippen MR) is 73.9 cm³/mol. The van der Waals surface area contributed by atoms with E-state index in [0.717, 1.165) is 30.5 Å². The second-order valence-corrected chi connectivity index (χ2v) is 4.82. The molecule has 0 aliphatic carbocycles. The monoisotopic (exact) mass is 274 g/mol. The molecule has 0 saturated heterocycles. The summed E-state index contributed by atoms with van der Waals surface area (Å²) in [7, 11) is 0. The Kier molecular flexibility index (Phi) is 4.53. The summed E-state index contributed by atoms with van der Waals surface area (Å²) < 4.78 is 1.79. The number of benzene rings is 1. The molecule has 5 heteroatoms. The van der Waals surface area contributed by atoms with Gasteiger partial charge in [-0.05, 0) is 30.5 Å². The van der Waals surface area contributed by atoms with Gasteiger partial charge in [0.2, 0.25) is 0 Å². The van der Waals surface area contributed by atoms with E-state index in [1.807, 2.05) is 24.3 Å². The predicted octanol–water partition coefficient (Wildman–Crippen LogP) is 3.19. The molecule has 0 bridgehead atoms. The third-order valence-electron chi connectivity index (χ3n) is 2.93. The highest BCUT2D eigenvalue weighted by Crippen LogP contribution is 2.14. The third kappa shape index (κ3) is 3.33. The van der Waals surface area contributed by atoms with Crippen LogP contribution in [0.2, 0.25) is 5.02 Å². The van der Waals surface area contributed by atoms with Crippen molar-refractivity contribution >= 4 is 11.6 Å². The molecule has 19 heavy (non-hydrogen) atoms. The Morgan fingerprint density at radius 2 is 2.26 bits per heavy atom. The standard InChI is InChI=1S/C14H15ClN4/c1-2-3-7-14-13(9-16)17-18-19(14)10-11-5-4-6-12(15)8-11/h4-6,8H,2-3,7,10H2,1H3. The Balaban J connectivity index is 2.25. The summed E-state index contributed by atoms with van der Waals surface area (Å²) in [6.45, 7) is 2.71. The minimum absolute atomic E-state index is 0.426. The van der Waals surface area contributed by atoms with Crippen molar-refractivity contribution < 1.29 is 0 Å². The number of nitrogens with zero attached hydrogens (tertiary/aromatic N) is 4. The van der Waals surface area contributed by atoms with Crippen LogP contribution >= 0.6 is 11.6 Å². The third-order valence-corrected chi connectivity index (χ3v) is 3.17. The Morgan fingerprint density at radius 3 is 2.95 bits per heavy atom. The van der Waals surface area contributed by atoms with E-state index in [4.69, 9.17) is 16.9 Å². The van der Waals surface area contributed by atoms with Gasteiger partial charge in [-0.15, -0.1) is 5.10 Å². The Labute approximate surface area is 117 Å². The van der Waals surface area contributed by atoms with Crippen LogP contribution in [-0.4, -0.2) is 15.0 Å². The molecule has 0 amide bonds. The summed E-state index contributed by atoms with van der Waals surface area (Å²) >= 11 is 5.97. The van der Waals surface area contributed by atoms with Gasteiger partial charge in [0.05, 0.1) is 12.2 Å². The largest absolute Gasteiger partial charge is 0.244 e. The summed E-state index contributed by atoms with van der Waals surface area (Å²) in [5, 5.41) is 17.7. The van der Waals surface area contributed by atoms with E-state index in [-0.39, 0.29) is 0 Å². The van der Waals surface area contributed by atoms with E-state index in [0.29, 0.717) is 17.3 Å². The van der Waals surface area contributed by atoms with E-state index >= 15 is 0 Å². The van der Waals surface area contributed by atoms with Crippen LogP contribution in [0.15, 0.2) is 24.3 Å². The maximum Gasteiger partial charge on any atom is 0.185 e. The van der Waals surface area contributed by atoms with Gasteiger partial charge in [-0.3, -0.25) is 0 Å². The lowest BCUT2D eigenvalue weighted by atomic mass is 10.1. The van der Waals surface area contributed by atoms with Crippen LogP contribution in [0.3, 0.4) is 0 Å². The molecule has 0 saturated carbocycles. The lowest BCUT2D eigenvalue weighted by Crippen LogP contribution is -2.07. The first kappa shape index (κ1) is 13.6. The Hall–Kier alpha value is -1.86. The van der Waals surface area contributed by atoms with E-state index in [2.05, 4.69) is 23.3 Å². The second kappa shape index (κ2) is 6.35. The average molecular weight is 275 g/mol. The number of nitriles is 1. The molecule has 0 aliphatic rings. The lowest BCUT2D eigenvalue weighted by molar-refractivity contribution is 0.606. The van der Waals surface area contributed by atoms with Gasteiger partial charge in [0.25, 0.3) is 0 Å². The first-order chi connectivity index (χ1) is 9.24. The van der Waals surface area contributed by atoms with Crippen molar-refractivity contribution in [3.63, 3.8) is 0 Å². The topological polar surface area (TPSA) is 54.5 Å². The summed E-state index contributed by atoms with van der Waals surface area (Å²) in [5.74, 6) is 0. The quantitative estimate of drug-likeness (QED) is 0.841. The molecule has 0 unspecified atom stereocenters.